The molecule has 0 aliphatic rings. The lowest BCUT2D eigenvalue weighted by atomic mass is 10.1. The lowest BCUT2D eigenvalue weighted by Gasteiger charge is -2.02. The Labute approximate surface area is 140 Å². The van der Waals surface area contributed by atoms with Crippen LogP contribution in [0.3, 0.4) is 0 Å². The Hall–Kier alpha value is -3.55. The first-order chi connectivity index (χ1) is 12.0. The second kappa shape index (κ2) is 6.91. The summed E-state index contributed by atoms with van der Waals surface area (Å²) in [5, 5.41) is 14.4. The van der Waals surface area contributed by atoms with Crippen LogP contribution in [0.25, 0.3) is 11.3 Å². The van der Waals surface area contributed by atoms with E-state index >= 15 is 0 Å². The molecule has 0 saturated heterocycles. The van der Waals surface area contributed by atoms with E-state index in [1.54, 1.807) is 12.1 Å². The topological polar surface area (TPSA) is 95.5 Å². The Morgan fingerprint density at radius 2 is 2.00 bits per heavy atom. The van der Waals surface area contributed by atoms with E-state index in [-0.39, 0.29) is 34.9 Å². The zero-order valence-electron chi connectivity index (χ0n) is 12.7. The number of rotatable bonds is 5. The van der Waals surface area contributed by atoms with E-state index in [1.807, 2.05) is 0 Å². The van der Waals surface area contributed by atoms with Crippen LogP contribution in [0.15, 0.2) is 59.1 Å². The first kappa shape index (κ1) is 16.3. The number of non-ortho nitro benzene ring substituents is 1. The largest absolute Gasteiger partial charge is 0.455 e. The van der Waals surface area contributed by atoms with Crippen molar-refractivity contribution in [3.05, 3.63) is 81.8 Å². The fraction of sp³-hybridized carbons (Fsp3) is 0.0588. The average molecular weight is 342 g/mol. The van der Waals surface area contributed by atoms with Crippen molar-refractivity contribution in [1.29, 1.82) is 0 Å². The molecule has 0 aliphatic carbocycles. The molecule has 0 spiro atoms. The van der Waals surface area contributed by atoms with Crippen LogP contribution in [-0.2, 0) is 11.3 Å². The minimum absolute atomic E-state index is 0.0482. The van der Waals surface area contributed by atoms with E-state index < -0.39 is 16.7 Å². The number of aromatic nitrogens is 1. The van der Waals surface area contributed by atoms with Gasteiger partial charge in [-0.1, -0.05) is 23.4 Å². The fourth-order valence-corrected chi connectivity index (χ4v) is 2.14. The van der Waals surface area contributed by atoms with Gasteiger partial charge in [-0.2, -0.15) is 0 Å². The number of hydrogen-bond acceptors (Lipinski definition) is 6. The summed E-state index contributed by atoms with van der Waals surface area (Å²) in [6.45, 7) is -0.209. The number of carbonyl (C=O) groups excluding carboxylic acids is 1. The van der Waals surface area contributed by atoms with Crippen LogP contribution in [0.4, 0.5) is 10.1 Å². The van der Waals surface area contributed by atoms with Gasteiger partial charge in [-0.15, -0.1) is 0 Å². The van der Waals surface area contributed by atoms with E-state index in [1.165, 1.54) is 36.4 Å². The van der Waals surface area contributed by atoms with Gasteiger partial charge in [0.1, 0.15) is 18.1 Å². The predicted molar refractivity (Wildman–Crippen MR) is 84.1 cm³/mol. The van der Waals surface area contributed by atoms with Crippen molar-refractivity contribution in [2.24, 2.45) is 0 Å². The highest BCUT2D eigenvalue weighted by Crippen LogP contribution is 2.23. The van der Waals surface area contributed by atoms with Crippen molar-refractivity contribution in [2.75, 3.05) is 0 Å². The number of esters is 1. The van der Waals surface area contributed by atoms with Crippen molar-refractivity contribution < 1.29 is 23.4 Å². The molecule has 126 valence electrons. The van der Waals surface area contributed by atoms with Crippen LogP contribution in [0, 0.1) is 15.9 Å². The van der Waals surface area contributed by atoms with Crippen LogP contribution in [0.1, 0.15) is 16.1 Å². The number of nitro benzene ring substituents is 1. The molecule has 7 nitrogen and oxygen atoms in total. The van der Waals surface area contributed by atoms with Crippen LogP contribution in [-0.4, -0.2) is 16.0 Å². The standard InChI is InChI=1S/C17H11FN2O5/c18-15-7-2-1-6-14(15)16-9-12(19-25-16)10-24-17(21)11-4-3-5-13(8-11)20(22)23/h1-9H,10H2. The smallest absolute Gasteiger partial charge is 0.338 e. The summed E-state index contributed by atoms with van der Waals surface area (Å²) in [5.41, 5.74) is 0.369. The molecule has 0 aliphatic heterocycles. The highest BCUT2D eigenvalue weighted by Gasteiger charge is 2.15. The van der Waals surface area contributed by atoms with Gasteiger partial charge in [-0.25, -0.2) is 9.18 Å². The van der Waals surface area contributed by atoms with Gasteiger partial charge in [0, 0.05) is 18.2 Å². The fourth-order valence-electron chi connectivity index (χ4n) is 2.14. The Kier molecular flexibility index (Phi) is 4.51. The molecule has 0 unspecified atom stereocenters. The number of nitrogens with zero attached hydrogens (tertiary/aromatic N) is 2. The minimum Gasteiger partial charge on any atom is -0.455 e. The molecular weight excluding hydrogens is 331 g/mol. The molecule has 0 amide bonds. The van der Waals surface area contributed by atoms with Crippen molar-refractivity contribution in [3.63, 3.8) is 0 Å². The van der Waals surface area contributed by atoms with E-state index in [9.17, 15) is 19.3 Å². The summed E-state index contributed by atoms with van der Waals surface area (Å²) in [4.78, 5) is 22.1. The Morgan fingerprint density at radius 3 is 2.76 bits per heavy atom. The molecule has 0 radical (unpaired) electrons. The molecule has 2 aromatic carbocycles. The molecule has 0 atom stereocenters. The van der Waals surface area contributed by atoms with E-state index in [2.05, 4.69) is 5.16 Å². The summed E-state index contributed by atoms with van der Waals surface area (Å²) in [6.07, 6.45) is 0. The Balaban J connectivity index is 1.68. The Bertz CT molecular complexity index is 938. The third-order valence-electron chi connectivity index (χ3n) is 3.34. The van der Waals surface area contributed by atoms with Crippen molar-refractivity contribution >= 4 is 11.7 Å². The number of nitro groups is 1. The first-order valence-electron chi connectivity index (χ1n) is 7.16. The SMILES string of the molecule is O=C(OCc1cc(-c2ccccc2F)on1)c1cccc([N+](=O)[O-])c1. The van der Waals surface area contributed by atoms with Gasteiger partial charge in [0.2, 0.25) is 0 Å². The van der Waals surface area contributed by atoms with Gasteiger partial charge >= 0.3 is 5.97 Å². The van der Waals surface area contributed by atoms with Gasteiger partial charge in [-0.3, -0.25) is 10.1 Å². The molecule has 1 heterocycles. The lowest BCUT2D eigenvalue weighted by molar-refractivity contribution is -0.384. The quantitative estimate of drug-likeness (QED) is 0.398. The van der Waals surface area contributed by atoms with Gasteiger partial charge in [-0.05, 0) is 18.2 Å². The van der Waals surface area contributed by atoms with Gasteiger partial charge in [0.25, 0.3) is 5.69 Å². The monoisotopic (exact) mass is 342 g/mol. The molecule has 0 saturated carbocycles. The molecule has 0 bridgehead atoms. The van der Waals surface area contributed by atoms with Crippen LogP contribution in [0.2, 0.25) is 0 Å². The first-order valence-corrected chi connectivity index (χ1v) is 7.16. The molecule has 8 heteroatoms. The second-order valence-corrected chi connectivity index (χ2v) is 5.05. The molecule has 0 fully saturated rings. The summed E-state index contributed by atoms with van der Waals surface area (Å²) in [5.74, 6) is -0.988. The summed E-state index contributed by atoms with van der Waals surface area (Å²) in [6, 6.07) is 12.7. The highest BCUT2D eigenvalue weighted by molar-refractivity contribution is 5.90. The van der Waals surface area contributed by atoms with Gasteiger partial charge in [0.15, 0.2) is 5.76 Å². The van der Waals surface area contributed by atoms with Crippen LogP contribution in [0.5, 0.6) is 0 Å². The van der Waals surface area contributed by atoms with E-state index in [4.69, 9.17) is 9.26 Å². The molecule has 25 heavy (non-hydrogen) atoms. The Morgan fingerprint density at radius 1 is 1.20 bits per heavy atom. The average Bonchev–Trinajstić information content (AvgIpc) is 3.09. The number of halogens is 1. The number of ether oxygens (including phenoxy) is 1. The van der Waals surface area contributed by atoms with Crippen LogP contribution >= 0.6 is 0 Å². The van der Waals surface area contributed by atoms with Crippen LogP contribution < -0.4 is 0 Å². The lowest BCUT2D eigenvalue weighted by Crippen LogP contribution is -2.05. The molecule has 1 aromatic heterocycles. The third kappa shape index (κ3) is 3.69. The van der Waals surface area contributed by atoms with Crippen molar-refractivity contribution in [3.8, 4) is 11.3 Å². The van der Waals surface area contributed by atoms with Gasteiger partial charge < -0.3 is 9.26 Å². The second-order valence-electron chi connectivity index (χ2n) is 5.05. The summed E-state index contributed by atoms with van der Waals surface area (Å²) < 4.78 is 23.8. The van der Waals surface area contributed by atoms with Gasteiger partial charge in [0.05, 0.1) is 16.1 Å². The molecule has 3 aromatic rings. The summed E-state index contributed by atoms with van der Waals surface area (Å²) in [7, 11) is 0. The minimum atomic E-state index is -0.737. The number of carbonyl (C=O) groups is 1. The zero-order chi connectivity index (χ0) is 17.8. The maximum atomic E-state index is 13.7. The maximum Gasteiger partial charge on any atom is 0.338 e. The predicted octanol–water partition coefficient (Wildman–Crippen LogP) is 3.75. The maximum absolute atomic E-state index is 13.7. The summed E-state index contributed by atoms with van der Waals surface area (Å²) >= 11 is 0. The van der Waals surface area contributed by atoms with E-state index in [0.717, 1.165) is 6.07 Å². The van der Waals surface area contributed by atoms with Crippen molar-refractivity contribution in [2.45, 2.75) is 6.61 Å². The third-order valence-corrected chi connectivity index (χ3v) is 3.34. The molecule has 3 rings (SSSR count). The van der Waals surface area contributed by atoms with E-state index in [0.29, 0.717) is 0 Å². The normalized spacial score (nSPS) is 10.4. The molecular formula is C17H11FN2O5. The number of benzene rings is 2. The highest BCUT2D eigenvalue weighted by atomic mass is 19.1. The molecule has 0 N–H and O–H groups in total. The zero-order valence-corrected chi connectivity index (χ0v) is 12.7. The van der Waals surface area contributed by atoms with Crippen molar-refractivity contribution in [1.82, 2.24) is 5.16 Å². The number of hydrogen-bond donors (Lipinski definition) is 0.